The Labute approximate surface area is 173 Å². The lowest BCUT2D eigenvalue weighted by Crippen LogP contribution is -2.28. The van der Waals surface area contributed by atoms with Crippen molar-refractivity contribution in [1.29, 1.82) is 0 Å². The molecule has 0 bridgehead atoms. The van der Waals surface area contributed by atoms with E-state index in [2.05, 4.69) is 17.2 Å². The van der Waals surface area contributed by atoms with Gasteiger partial charge < -0.3 is 4.42 Å². The molecular formula is C22H19ClN2O2S. The zero-order valence-electron chi connectivity index (χ0n) is 15.3. The number of hydrazone groups is 1. The van der Waals surface area contributed by atoms with E-state index < -0.39 is 0 Å². The highest BCUT2D eigenvalue weighted by Gasteiger charge is 2.34. The molecule has 2 aromatic carbocycles. The monoisotopic (exact) mass is 410 g/mol. The average molecular weight is 411 g/mol. The molecule has 0 N–H and O–H groups in total. The fourth-order valence-electron chi connectivity index (χ4n) is 3.13. The molecule has 4 nitrogen and oxygen atoms in total. The van der Waals surface area contributed by atoms with Gasteiger partial charge in [-0.3, -0.25) is 4.79 Å². The summed E-state index contributed by atoms with van der Waals surface area (Å²) in [5.74, 6) is 0.918. The first-order valence-electron chi connectivity index (χ1n) is 8.99. The first kappa shape index (κ1) is 18.8. The van der Waals surface area contributed by atoms with E-state index in [4.69, 9.17) is 16.0 Å². The summed E-state index contributed by atoms with van der Waals surface area (Å²) in [6.07, 6.45) is 2.25. The van der Waals surface area contributed by atoms with Gasteiger partial charge in [0, 0.05) is 11.3 Å². The number of carbonyl (C=O) groups is 1. The predicted octanol–water partition coefficient (Wildman–Crippen LogP) is 5.71. The van der Waals surface area contributed by atoms with Crippen molar-refractivity contribution in [1.82, 2.24) is 5.01 Å². The topological polar surface area (TPSA) is 45.8 Å². The Hall–Kier alpha value is -2.50. The molecule has 0 fully saturated rings. The molecule has 1 amide bonds. The molecule has 0 unspecified atom stereocenters. The van der Waals surface area contributed by atoms with Crippen LogP contribution in [0.2, 0.25) is 5.02 Å². The lowest BCUT2D eigenvalue weighted by molar-refractivity contribution is -0.130. The minimum Gasteiger partial charge on any atom is -0.467 e. The third-order valence-corrected chi connectivity index (χ3v) is 6.11. The normalized spacial score (nSPS) is 16.3. The Balaban J connectivity index is 1.56. The first-order valence-corrected chi connectivity index (χ1v) is 10.4. The largest absolute Gasteiger partial charge is 0.467 e. The van der Waals surface area contributed by atoms with E-state index in [1.165, 1.54) is 17.3 Å². The van der Waals surface area contributed by atoms with E-state index in [-0.39, 0.29) is 17.7 Å². The van der Waals surface area contributed by atoms with Crippen LogP contribution in [0.3, 0.4) is 0 Å². The molecule has 1 aliphatic heterocycles. The maximum absolute atomic E-state index is 13.0. The van der Waals surface area contributed by atoms with Gasteiger partial charge in [0.2, 0.25) is 0 Å². The summed E-state index contributed by atoms with van der Waals surface area (Å²) in [7, 11) is 0. The minimum absolute atomic E-state index is 0.0755. The van der Waals surface area contributed by atoms with Crippen LogP contribution in [0.15, 0.2) is 81.3 Å². The zero-order valence-corrected chi connectivity index (χ0v) is 16.9. The zero-order chi connectivity index (χ0) is 19.5. The molecule has 0 spiro atoms. The maximum Gasteiger partial charge on any atom is 0.253 e. The Bertz CT molecular complexity index is 1000. The van der Waals surface area contributed by atoms with Gasteiger partial charge in [-0.25, -0.2) is 5.01 Å². The highest BCUT2D eigenvalue weighted by molar-refractivity contribution is 8.00. The van der Waals surface area contributed by atoms with Crippen molar-refractivity contribution in [3.8, 4) is 0 Å². The minimum atomic E-state index is -0.231. The van der Waals surface area contributed by atoms with Crippen molar-refractivity contribution in [2.45, 2.75) is 24.3 Å². The molecule has 0 saturated carbocycles. The molecule has 6 heteroatoms. The molecule has 2 heterocycles. The summed E-state index contributed by atoms with van der Waals surface area (Å²) in [5.41, 5.74) is 3.10. The summed E-state index contributed by atoms with van der Waals surface area (Å²) < 4.78 is 5.59. The van der Waals surface area contributed by atoms with E-state index in [1.54, 1.807) is 11.3 Å². The molecular weight excluding hydrogens is 392 g/mol. The van der Waals surface area contributed by atoms with Gasteiger partial charge in [-0.1, -0.05) is 53.6 Å². The quantitative estimate of drug-likeness (QED) is 0.506. The number of amides is 1. The molecule has 4 rings (SSSR count). The van der Waals surface area contributed by atoms with E-state index in [0.717, 1.165) is 21.9 Å². The Morgan fingerprint density at radius 2 is 1.96 bits per heavy atom. The van der Waals surface area contributed by atoms with Crippen LogP contribution in [0.5, 0.6) is 0 Å². The van der Waals surface area contributed by atoms with E-state index >= 15 is 0 Å². The molecule has 1 aliphatic rings. The number of carbonyl (C=O) groups excluding carboxylic acids is 1. The summed E-state index contributed by atoms with van der Waals surface area (Å²) >= 11 is 7.62. The Morgan fingerprint density at radius 3 is 2.68 bits per heavy atom. The lowest BCUT2D eigenvalue weighted by atomic mass is 10.0. The molecule has 0 radical (unpaired) electrons. The Kier molecular flexibility index (Phi) is 5.55. The number of furan rings is 1. The number of thioether (sulfide) groups is 1. The summed E-state index contributed by atoms with van der Waals surface area (Å²) in [6, 6.07) is 19.2. The van der Waals surface area contributed by atoms with Gasteiger partial charge in [0.15, 0.2) is 0 Å². The smallest absolute Gasteiger partial charge is 0.253 e. The molecule has 0 aliphatic carbocycles. The number of benzene rings is 2. The van der Waals surface area contributed by atoms with Crippen molar-refractivity contribution < 1.29 is 9.21 Å². The van der Waals surface area contributed by atoms with Crippen LogP contribution in [0.25, 0.3) is 0 Å². The van der Waals surface area contributed by atoms with Crippen LogP contribution in [-0.4, -0.2) is 22.4 Å². The number of hydrogen-bond donors (Lipinski definition) is 0. The van der Waals surface area contributed by atoms with Gasteiger partial charge >= 0.3 is 0 Å². The standard InChI is InChI=1S/C22H19ClN2O2S/c1-15-8-10-16(11-9-15)18-13-19(20-6-4-12-27-20)25(24-18)22(26)14-28-21-7-3-2-5-17(21)23/h2-12,19H,13-14H2,1H3/t19-/m1/s1. The van der Waals surface area contributed by atoms with Crippen LogP contribution in [0.1, 0.15) is 29.3 Å². The summed E-state index contributed by atoms with van der Waals surface area (Å²) in [6.45, 7) is 2.05. The first-order chi connectivity index (χ1) is 13.6. The average Bonchev–Trinajstić information content (AvgIpc) is 3.37. The number of aryl methyl sites for hydroxylation is 1. The van der Waals surface area contributed by atoms with E-state index in [9.17, 15) is 4.79 Å². The Morgan fingerprint density at radius 1 is 1.18 bits per heavy atom. The fourth-order valence-corrected chi connectivity index (χ4v) is 4.22. The van der Waals surface area contributed by atoms with Gasteiger partial charge in [-0.05, 0) is 36.8 Å². The SMILES string of the molecule is Cc1ccc(C2=NN(C(=O)CSc3ccccc3Cl)[C@@H](c3ccco3)C2)cc1. The molecule has 1 aromatic heterocycles. The van der Waals surface area contributed by atoms with E-state index in [1.807, 2.05) is 55.5 Å². The summed E-state index contributed by atoms with van der Waals surface area (Å²) in [5, 5.41) is 6.85. The second-order valence-corrected chi connectivity index (χ2v) is 8.03. The molecule has 28 heavy (non-hydrogen) atoms. The van der Waals surface area contributed by atoms with E-state index in [0.29, 0.717) is 11.4 Å². The lowest BCUT2D eigenvalue weighted by Gasteiger charge is -2.19. The number of halogens is 1. The maximum atomic E-state index is 13.0. The van der Waals surface area contributed by atoms with Crippen LogP contribution >= 0.6 is 23.4 Å². The van der Waals surface area contributed by atoms with Gasteiger partial charge in [-0.2, -0.15) is 5.10 Å². The third kappa shape index (κ3) is 4.01. The van der Waals surface area contributed by atoms with Crippen LogP contribution in [0, 0.1) is 6.92 Å². The number of hydrogen-bond acceptors (Lipinski definition) is 4. The molecule has 0 saturated heterocycles. The highest BCUT2D eigenvalue weighted by Crippen LogP contribution is 2.34. The second-order valence-electron chi connectivity index (χ2n) is 6.61. The predicted molar refractivity (Wildman–Crippen MR) is 113 cm³/mol. The van der Waals surface area contributed by atoms with Gasteiger partial charge in [0.1, 0.15) is 11.8 Å². The van der Waals surface area contributed by atoms with Crippen molar-refractivity contribution >= 4 is 35.0 Å². The van der Waals surface area contributed by atoms with Crippen LogP contribution < -0.4 is 0 Å². The molecule has 3 aromatic rings. The van der Waals surface area contributed by atoms with Crippen molar-refractivity contribution in [3.63, 3.8) is 0 Å². The third-order valence-electron chi connectivity index (χ3n) is 4.61. The number of nitrogens with zero attached hydrogens (tertiary/aromatic N) is 2. The second kappa shape index (κ2) is 8.25. The van der Waals surface area contributed by atoms with Crippen molar-refractivity contribution in [3.05, 3.63) is 88.8 Å². The fraction of sp³-hybridized carbons (Fsp3) is 0.182. The van der Waals surface area contributed by atoms with Crippen molar-refractivity contribution in [2.24, 2.45) is 5.10 Å². The van der Waals surface area contributed by atoms with Crippen LogP contribution in [0.4, 0.5) is 0 Å². The summed E-state index contributed by atoms with van der Waals surface area (Å²) in [4.78, 5) is 13.9. The highest BCUT2D eigenvalue weighted by atomic mass is 35.5. The van der Waals surface area contributed by atoms with Crippen LogP contribution in [-0.2, 0) is 4.79 Å². The molecule has 1 atom stereocenters. The number of rotatable bonds is 5. The molecule has 142 valence electrons. The van der Waals surface area contributed by atoms with Gasteiger partial charge in [-0.15, -0.1) is 11.8 Å². The van der Waals surface area contributed by atoms with Crippen molar-refractivity contribution in [2.75, 3.05) is 5.75 Å². The van der Waals surface area contributed by atoms with Gasteiger partial charge in [0.25, 0.3) is 5.91 Å². The van der Waals surface area contributed by atoms with Gasteiger partial charge in [0.05, 0.1) is 22.8 Å².